The number of ketones is 1. The predicted molar refractivity (Wildman–Crippen MR) is 52.6 cm³/mol. The summed E-state index contributed by atoms with van der Waals surface area (Å²) in [4.78, 5) is 22.1. The summed E-state index contributed by atoms with van der Waals surface area (Å²) in [5.74, 6) is -0.514. The quantitative estimate of drug-likeness (QED) is 0.586. The first kappa shape index (κ1) is 9.67. The Morgan fingerprint density at radius 3 is 2.77 bits per heavy atom. The van der Waals surface area contributed by atoms with Crippen LogP contribution in [0.1, 0.15) is 22.2 Å². The molecule has 0 atom stereocenters. The van der Waals surface area contributed by atoms with Crippen molar-refractivity contribution in [2.24, 2.45) is 5.73 Å². The second-order valence-electron chi connectivity index (χ2n) is 2.50. The van der Waals surface area contributed by atoms with E-state index >= 15 is 0 Å². The van der Waals surface area contributed by atoms with E-state index in [0.29, 0.717) is 4.88 Å². The summed E-state index contributed by atoms with van der Waals surface area (Å²) >= 11 is 1.36. The molecule has 1 heterocycles. The lowest BCUT2D eigenvalue weighted by atomic mass is 10.2. The molecule has 68 valence electrons. The molecule has 1 aromatic heterocycles. The van der Waals surface area contributed by atoms with Crippen LogP contribution in [0.5, 0.6) is 0 Å². The molecule has 0 saturated heterocycles. The van der Waals surface area contributed by atoms with Crippen LogP contribution >= 0.6 is 11.3 Å². The zero-order chi connectivity index (χ0) is 9.84. The Labute approximate surface area is 79.9 Å². The van der Waals surface area contributed by atoms with Crippen LogP contribution in [0.15, 0.2) is 17.5 Å². The second kappa shape index (κ2) is 4.00. The van der Waals surface area contributed by atoms with Crippen LogP contribution < -0.4 is 5.73 Å². The fourth-order valence-electron chi connectivity index (χ4n) is 0.908. The monoisotopic (exact) mass is 195 g/mol. The van der Waals surface area contributed by atoms with Crippen LogP contribution in [-0.2, 0) is 4.79 Å². The van der Waals surface area contributed by atoms with Gasteiger partial charge >= 0.3 is 0 Å². The van der Waals surface area contributed by atoms with Crippen molar-refractivity contribution in [3.05, 3.63) is 28.0 Å². The third-order valence-corrected chi connectivity index (χ3v) is 2.47. The summed E-state index contributed by atoms with van der Waals surface area (Å²) in [7, 11) is 0. The molecular weight excluding hydrogens is 186 g/mol. The third kappa shape index (κ3) is 2.52. The highest BCUT2D eigenvalue weighted by Gasteiger charge is 2.05. The molecular formula is C9H9NO2S. The van der Waals surface area contributed by atoms with Crippen LogP contribution in [-0.4, -0.2) is 11.7 Å². The van der Waals surface area contributed by atoms with Gasteiger partial charge in [0.05, 0.1) is 4.88 Å². The number of Topliss-reactive ketones (excluding diaryl/α,β-unsaturated/α-hetero) is 1. The molecule has 0 aliphatic heterocycles. The summed E-state index contributed by atoms with van der Waals surface area (Å²) < 4.78 is 0. The van der Waals surface area contributed by atoms with Gasteiger partial charge in [-0.05, 0) is 30.0 Å². The maximum absolute atomic E-state index is 11.0. The molecule has 0 unspecified atom stereocenters. The molecule has 0 aliphatic carbocycles. The van der Waals surface area contributed by atoms with E-state index in [-0.39, 0.29) is 5.78 Å². The minimum atomic E-state index is -0.513. The summed E-state index contributed by atoms with van der Waals surface area (Å²) in [5.41, 5.74) is 5.67. The number of primary amides is 1. The SMILES string of the molecule is CC(=O)c1sccc1C=CC(N)=O. The highest BCUT2D eigenvalue weighted by atomic mass is 32.1. The van der Waals surface area contributed by atoms with Gasteiger partial charge in [-0.2, -0.15) is 0 Å². The molecule has 0 aliphatic rings. The average molecular weight is 195 g/mol. The molecule has 2 N–H and O–H groups in total. The van der Waals surface area contributed by atoms with Gasteiger partial charge in [-0.1, -0.05) is 0 Å². The lowest BCUT2D eigenvalue weighted by molar-refractivity contribution is -0.113. The van der Waals surface area contributed by atoms with E-state index in [4.69, 9.17) is 5.73 Å². The van der Waals surface area contributed by atoms with Gasteiger partial charge in [0.25, 0.3) is 0 Å². The van der Waals surface area contributed by atoms with Gasteiger partial charge in [-0.3, -0.25) is 9.59 Å². The minimum Gasteiger partial charge on any atom is -0.366 e. The fourth-order valence-corrected chi connectivity index (χ4v) is 1.70. The van der Waals surface area contributed by atoms with Crippen molar-refractivity contribution >= 4 is 29.1 Å². The molecule has 1 aromatic rings. The van der Waals surface area contributed by atoms with Crippen LogP contribution in [0.3, 0.4) is 0 Å². The van der Waals surface area contributed by atoms with E-state index in [1.807, 2.05) is 0 Å². The minimum absolute atomic E-state index is 0.000814. The van der Waals surface area contributed by atoms with Gasteiger partial charge in [0.2, 0.25) is 5.91 Å². The van der Waals surface area contributed by atoms with Gasteiger partial charge in [0.15, 0.2) is 5.78 Å². The first-order chi connectivity index (χ1) is 6.11. The van der Waals surface area contributed by atoms with Crippen LogP contribution in [0, 0.1) is 0 Å². The Morgan fingerprint density at radius 1 is 1.54 bits per heavy atom. The molecule has 0 spiro atoms. The fraction of sp³-hybridized carbons (Fsp3) is 0.111. The molecule has 1 amide bonds. The number of carbonyl (C=O) groups is 2. The number of carbonyl (C=O) groups excluding carboxylic acids is 2. The second-order valence-corrected chi connectivity index (χ2v) is 3.41. The number of rotatable bonds is 3. The normalized spacial score (nSPS) is 10.5. The van der Waals surface area contributed by atoms with Crippen molar-refractivity contribution in [3.8, 4) is 0 Å². The number of nitrogens with two attached hydrogens (primary N) is 1. The highest BCUT2D eigenvalue weighted by Crippen LogP contribution is 2.18. The maximum atomic E-state index is 11.0. The standard InChI is InChI=1S/C9H9NO2S/c1-6(11)9-7(4-5-13-9)2-3-8(10)12/h2-5H,1H3,(H2,10,12). The summed E-state index contributed by atoms with van der Waals surface area (Å²) in [6, 6.07) is 1.78. The van der Waals surface area contributed by atoms with E-state index < -0.39 is 5.91 Å². The summed E-state index contributed by atoms with van der Waals surface area (Å²) in [6.45, 7) is 1.49. The Bertz CT molecular complexity index is 365. The molecule has 0 saturated carbocycles. The van der Waals surface area contributed by atoms with E-state index in [1.165, 1.54) is 24.3 Å². The van der Waals surface area contributed by atoms with E-state index in [0.717, 1.165) is 5.56 Å². The largest absolute Gasteiger partial charge is 0.366 e. The summed E-state index contributed by atoms with van der Waals surface area (Å²) in [6.07, 6.45) is 2.80. The lowest BCUT2D eigenvalue weighted by Crippen LogP contribution is -2.05. The smallest absolute Gasteiger partial charge is 0.241 e. The highest BCUT2D eigenvalue weighted by molar-refractivity contribution is 7.12. The van der Waals surface area contributed by atoms with Crippen molar-refractivity contribution in [1.29, 1.82) is 0 Å². The third-order valence-electron chi connectivity index (χ3n) is 1.44. The molecule has 1 rings (SSSR count). The van der Waals surface area contributed by atoms with Gasteiger partial charge in [0, 0.05) is 6.08 Å². The zero-order valence-electron chi connectivity index (χ0n) is 7.11. The first-order valence-corrected chi connectivity index (χ1v) is 4.55. The molecule has 4 heteroatoms. The predicted octanol–water partition coefficient (Wildman–Crippen LogP) is 1.45. The Morgan fingerprint density at radius 2 is 2.23 bits per heavy atom. The molecule has 0 bridgehead atoms. The number of hydrogen-bond donors (Lipinski definition) is 1. The number of amides is 1. The Kier molecular flexibility index (Phi) is 2.97. The van der Waals surface area contributed by atoms with Crippen molar-refractivity contribution in [2.75, 3.05) is 0 Å². The first-order valence-electron chi connectivity index (χ1n) is 3.67. The van der Waals surface area contributed by atoms with Gasteiger partial charge < -0.3 is 5.73 Å². The van der Waals surface area contributed by atoms with Gasteiger partial charge in [0.1, 0.15) is 0 Å². The van der Waals surface area contributed by atoms with Crippen molar-refractivity contribution in [2.45, 2.75) is 6.92 Å². The van der Waals surface area contributed by atoms with Crippen LogP contribution in [0.2, 0.25) is 0 Å². The van der Waals surface area contributed by atoms with Gasteiger partial charge in [-0.25, -0.2) is 0 Å². The molecule has 0 fully saturated rings. The maximum Gasteiger partial charge on any atom is 0.241 e. The van der Waals surface area contributed by atoms with Gasteiger partial charge in [-0.15, -0.1) is 11.3 Å². The molecule has 3 nitrogen and oxygen atoms in total. The topological polar surface area (TPSA) is 60.2 Å². The average Bonchev–Trinajstić information content (AvgIpc) is 2.47. The Hall–Kier alpha value is -1.42. The Balaban J connectivity index is 2.95. The lowest BCUT2D eigenvalue weighted by Gasteiger charge is -1.91. The zero-order valence-corrected chi connectivity index (χ0v) is 7.93. The van der Waals surface area contributed by atoms with Crippen LogP contribution in [0.25, 0.3) is 6.08 Å². The van der Waals surface area contributed by atoms with E-state index in [1.54, 1.807) is 17.5 Å². The van der Waals surface area contributed by atoms with Crippen LogP contribution in [0.4, 0.5) is 0 Å². The number of thiophene rings is 1. The number of hydrogen-bond acceptors (Lipinski definition) is 3. The van der Waals surface area contributed by atoms with E-state index in [9.17, 15) is 9.59 Å². The van der Waals surface area contributed by atoms with Crippen molar-refractivity contribution in [1.82, 2.24) is 0 Å². The van der Waals surface area contributed by atoms with Crippen molar-refractivity contribution < 1.29 is 9.59 Å². The van der Waals surface area contributed by atoms with Crippen molar-refractivity contribution in [3.63, 3.8) is 0 Å². The molecule has 0 radical (unpaired) electrons. The summed E-state index contributed by atoms with van der Waals surface area (Å²) in [5, 5.41) is 1.80. The van der Waals surface area contributed by atoms with E-state index in [2.05, 4.69) is 0 Å². The molecule has 0 aromatic carbocycles. The molecule has 13 heavy (non-hydrogen) atoms.